The zero-order chi connectivity index (χ0) is 11.9. The monoisotopic (exact) mass is 264 g/mol. The first-order chi connectivity index (χ1) is 6.81. The fourth-order valence-corrected chi connectivity index (χ4v) is 0.750. The van der Waals surface area contributed by atoms with E-state index in [-0.39, 0.29) is 18.4 Å². The summed E-state index contributed by atoms with van der Waals surface area (Å²) in [6.07, 6.45) is -3.82. The molecule has 3 N–H and O–H groups in total. The molecule has 0 spiro atoms. The maximum atomic E-state index is 11.6. The second kappa shape index (κ2) is 8.60. The van der Waals surface area contributed by atoms with Crippen LogP contribution in [-0.4, -0.2) is 37.9 Å². The molecule has 0 aliphatic heterocycles. The Morgan fingerprint density at radius 3 is 2.50 bits per heavy atom. The third-order valence-electron chi connectivity index (χ3n) is 1.42. The van der Waals surface area contributed by atoms with Crippen molar-refractivity contribution in [3.8, 4) is 0 Å². The lowest BCUT2D eigenvalue weighted by Gasteiger charge is -2.09. The SMILES string of the molecule is CC(N)CCNC(=O)COCC(F)(F)F.Cl. The van der Waals surface area contributed by atoms with Crippen molar-refractivity contribution >= 4 is 18.3 Å². The molecule has 0 bridgehead atoms. The van der Waals surface area contributed by atoms with Gasteiger partial charge in [0.25, 0.3) is 0 Å². The number of hydrogen-bond donors (Lipinski definition) is 2. The van der Waals surface area contributed by atoms with Gasteiger partial charge in [-0.1, -0.05) is 0 Å². The predicted molar refractivity (Wildman–Crippen MR) is 55.4 cm³/mol. The van der Waals surface area contributed by atoms with Gasteiger partial charge in [0.15, 0.2) is 0 Å². The summed E-state index contributed by atoms with van der Waals surface area (Å²) >= 11 is 0. The molecule has 0 aliphatic carbocycles. The maximum Gasteiger partial charge on any atom is 0.411 e. The topological polar surface area (TPSA) is 64.3 Å². The lowest BCUT2D eigenvalue weighted by molar-refractivity contribution is -0.175. The van der Waals surface area contributed by atoms with Crippen LogP contribution in [-0.2, 0) is 9.53 Å². The van der Waals surface area contributed by atoms with E-state index < -0.39 is 25.3 Å². The lowest BCUT2D eigenvalue weighted by atomic mass is 10.2. The standard InChI is InChI=1S/C8H15F3N2O2.ClH/c1-6(12)2-3-13-7(14)4-15-5-8(9,10)11;/h6H,2-5,12H2,1H3,(H,13,14);1H. The van der Waals surface area contributed by atoms with Crippen molar-refractivity contribution in [3.05, 3.63) is 0 Å². The van der Waals surface area contributed by atoms with Crippen LogP contribution in [0.3, 0.4) is 0 Å². The van der Waals surface area contributed by atoms with E-state index in [1.54, 1.807) is 6.92 Å². The van der Waals surface area contributed by atoms with Gasteiger partial charge in [0.05, 0.1) is 0 Å². The Labute approximate surface area is 98.1 Å². The summed E-state index contributed by atoms with van der Waals surface area (Å²) in [7, 11) is 0. The van der Waals surface area contributed by atoms with Gasteiger partial charge in [-0.3, -0.25) is 4.79 Å². The lowest BCUT2D eigenvalue weighted by Crippen LogP contribution is -2.32. The summed E-state index contributed by atoms with van der Waals surface area (Å²) in [6.45, 7) is 0.115. The Morgan fingerprint density at radius 1 is 1.50 bits per heavy atom. The van der Waals surface area contributed by atoms with Crippen molar-refractivity contribution < 1.29 is 22.7 Å². The van der Waals surface area contributed by atoms with Crippen molar-refractivity contribution in [2.75, 3.05) is 19.8 Å². The summed E-state index contributed by atoms with van der Waals surface area (Å²) in [5.74, 6) is -0.570. The van der Waals surface area contributed by atoms with Gasteiger partial charge in [-0.05, 0) is 13.3 Å². The van der Waals surface area contributed by atoms with Crippen LogP contribution in [0, 0.1) is 0 Å². The molecule has 98 valence electrons. The Morgan fingerprint density at radius 2 is 2.06 bits per heavy atom. The largest absolute Gasteiger partial charge is 0.411 e. The van der Waals surface area contributed by atoms with Crippen LogP contribution in [0.25, 0.3) is 0 Å². The molecule has 1 atom stereocenters. The number of alkyl halides is 3. The number of carbonyl (C=O) groups excluding carboxylic acids is 1. The average molecular weight is 265 g/mol. The summed E-state index contributed by atoms with van der Waals surface area (Å²) in [5, 5.41) is 2.39. The second-order valence-corrected chi connectivity index (χ2v) is 3.22. The number of nitrogens with two attached hydrogens (primary N) is 1. The minimum Gasteiger partial charge on any atom is -0.362 e. The minimum atomic E-state index is -4.40. The molecular formula is C8H16ClF3N2O2. The highest BCUT2D eigenvalue weighted by Crippen LogP contribution is 2.13. The van der Waals surface area contributed by atoms with E-state index in [0.717, 1.165) is 0 Å². The van der Waals surface area contributed by atoms with Crippen LogP contribution < -0.4 is 11.1 Å². The Kier molecular flexibility index (Phi) is 9.60. The first-order valence-corrected chi connectivity index (χ1v) is 4.48. The fourth-order valence-electron chi connectivity index (χ4n) is 0.750. The Bertz CT molecular complexity index is 200. The number of nitrogens with one attached hydrogen (secondary N) is 1. The van der Waals surface area contributed by atoms with Gasteiger partial charge in [0, 0.05) is 12.6 Å². The number of ether oxygens (including phenoxy) is 1. The van der Waals surface area contributed by atoms with E-state index in [4.69, 9.17) is 5.73 Å². The van der Waals surface area contributed by atoms with Crippen LogP contribution in [0.1, 0.15) is 13.3 Å². The molecule has 1 unspecified atom stereocenters. The van der Waals surface area contributed by atoms with Crippen LogP contribution in [0.15, 0.2) is 0 Å². The molecular weight excluding hydrogens is 249 g/mol. The highest BCUT2D eigenvalue weighted by molar-refractivity contribution is 5.85. The highest BCUT2D eigenvalue weighted by atomic mass is 35.5. The van der Waals surface area contributed by atoms with Crippen molar-refractivity contribution in [1.82, 2.24) is 5.32 Å². The average Bonchev–Trinajstić information content (AvgIpc) is 2.00. The van der Waals surface area contributed by atoms with E-state index in [9.17, 15) is 18.0 Å². The van der Waals surface area contributed by atoms with E-state index >= 15 is 0 Å². The summed E-state index contributed by atoms with van der Waals surface area (Å²) in [6, 6.07) is -0.0543. The van der Waals surface area contributed by atoms with Gasteiger partial charge < -0.3 is 15.8 Å². The highest BCUT2D eigenvalue weighted by Gasteiger charge is 2.27. The van der Waals surface area contributed by atoms with Gasteiger partial charge >= 0.3 is 6.18 Å². The summed E-state index contributed by atoms with van der Waals surface area (Å²) in [5.41, 5.74) is 5.40. The van der Waals surface area contributed by atoms with Crippen molar-refractivity contribution in [1.29, 1.82) is 0 Å². The summed E-state index contributed by atoms with van der Waals surface area (Å²) in [4.78, 5) is 10.9. The molecule has 0 aromatic heterocycles. The van der Waals surface area contributed by atoms with Gasteiger partial charge in [0.1, 0.15) is 13.2 Å². The van der Waals surface area contributed by atoms with Gasteiger partial charge in [-0.25, -0.2) is 0 Å². The molecule has 0 saturated heterocycles. The van der Waals surface area contributed by atoms with Gasteiger partial charge in [-0.2, -0.15) is 13.2 Å². The number of halogens is 4. The zero-order valence-electron chi connectivity index (χ0n) is 8.84. The molecule has 0 radical (unpaired) electrons. The third-order valence-corrected chi connectivity index (χ3v) is 1.42. The van der Waals surface area contributed by atoms with E-state index in [0.29, 0.717) is 13.0 Å². The van der Waals surface area contributed by atoms with Crippen LogP contribution in [0.4, 0.5) is 13.2 Å². The fraction of sp³-hybridized carbons (Fsp3) is 0.875. The Balaban J connectivity index is 0. The van der Waals surface area contributed by atoms with Crippen LogP contribution in [0.2, 0.25) is 0 Å². The van der Waals surface area contributed by atoms with Crippen LogP contribution >= 0.6 is 12.4 Å². The van der Waals surface area contributed by atoms with Crippen molar-refractivity contribution in [3.63, 3.8) is 0 Å². The van der Waals surface area contributed by atoms with E-state index in [2.05, 4.69) is 10.1 Å². The quantitative estimate of drug-likeness (QED) is 0.747. The zero-order valence-corrected chi connectivity index (χ0v) is 9.66. The van der Waals surface area contributed by atoms with E-state index in [1.165, 1.54) is 0 Å². The van der Waals surface area contributed by atoms with Gasteiger partial charge in [0.2, 0.25) is 5.91 Å². The maximum absolute atomic E-state index is 11.6. The summed E-state index contributed by atoms with van der Waals surface area (Å²) < 4.78 is 38.9. The number of carbonyl (C=O) groups is 1. The molecule has 0 aromatic carbocycles. The van der Waals surface area contributed by atoms with Crippen molar-refractivity contribution in [2.24, 2.45) is 5.73 Å². The minimum absolute atomic E-state index is 0. The van der Waals surface area contributed by atoms with Crippen molar-refractivity contribution in [2.45, 2.75) is 25.6 Å². The molecule has 0 fully saturated rings. The molecule has 0 rings (SSSR count). The van der Waals surface area contributed by atoms with Gasteiger partial charge in [-0.15, -0.1) is 12.4 Å². The molecule has 0 aliphatic rings. The number of rotatable bonds is 6. The molecule has 4 nitrogen and oxygen atoms in total. The molecule has 0 aromatic rings. The predicted octanol–water partition coefficient (Wildman–Crippen LogP) is 0.841. The third kappa shape index (κ3) is 13.5. The normalized spacial score (nSPS) is 12.8. The second-order valence-electron chi connectivity index (χ2n) is 3.22. The number of amides is 1. The van der Waals surface area contributed by atoms with E-state index in [1.807, 2.05) is 0 Å². The first-order valence-electron chi connectivity index (χ1n) is 4.48. The molecule has 8 heteroatoms. The molecule has 0 saturated carbocycles. The Hall–Kier alpha value is -0.530. The van der Waals surface area contributed by atoms with Crippen LogP contribution in [0.5, 0.6) is 0 Å². The first kappa shape index (κ1) is 17.9. The number of hydrogen-bond acceptors (Lipinski definition) is 3. The smallest absolute Gasteiger partial charge is 0.362 e. The molecule has 0 heterocycles. The molecule has 16 heavy (non-hydrogen) atoms. The molecule has 1 amide bonds.